The number of urea groups is 1. The molecule has 10 bridgehead atoms. The fourth-order valence-corrected chi connectivity index (χ4v) is 4.55. The zero-order valence-corrected chi connectivity index (χ0v) is 24.2. The van der Waals surface area contributed by atoms with Crippen LogP contribution in [0.5, 0.6) is 0 Å². The second-order valence-electron chi connectivity index (χ2n) is 9.68. The summed E-state index contributed by atoms with van der Waals surface area (Å²) in [6.45, 7) is 3.72. The summed E-state index contributed by atoms with van der Waals surface area (Å²) >= 11 is 3.26. The van der Waals surface area contributed by atoms with Crippen LogP contribution >= 0.6 is 15.9 Å². The number of alkyl halides is 1. The average molecular weight is 613 g/mol. The minimum atomic E-state index is -0.814. The number of primary amides is 1. The Bertz CT molecular complexity index is 1760. The van der Waals surface area contributed by atoms with Gasteiger partial charge in [0.2, 0.25) is 5.91 Å². The van der Waals surface area contributed by atoms with Gasteiger partial charge in [-0.25, -0.2) is 14.8 Å². The molecule has 0 saturated carbocycles. The molecule has 10 heteroatoms. The first-order chi connectivity index (χ1) is 19.7. The third-order valence-electron chi connectivity index (χ3n) is 6.78. The van der Waals surface area contributed by atoms with Crippen LogP contribution < -0.4 is 11.1 Å². The Balaban J connectivity index is 0.000000241. The summed E-state index contributed by atoms with van der Waals surface area (Å²) in [6.07, 6.45) is 9.33. The Kier molecular flexibility index (Phi) is 8.02. The van der Waals surface area contributed by atoms with E-state index in [1.54, 1.807) is 0 Å². The van der Waals surface area contributed by atoms with Crippen LogP contribution in [0.4, 0.5) is 4.79 Å². The fourth-order valence-electron chi connectivity index (χ4n) is 4.45. The number of aromatic amines is 3. The number of nitrogens with two attached hydrogens (primary N) is 1. The number of aromatic nitrogens is 5. The molecule has 6 heterocycles. The zero-order valence-electron chi connectivity index (χ0n) is 22.7. The highest BCUT2D eigenvalue weighted by molar-refractivity contribution is 9.10. The molecule has 4 aromatic rings. The van der Waals surface area contributed by atoms with Gasteiger partial charge in [-0.1, -0.05) is 29.8 Å². The minimum absolute atomic E-state index is 0.375. The van der Waals surface area contributed by atoms with Crippen LogP contribution in [0.1, 0.15) is 49.5 Å². The third-order valence-corrected chi connectivity index (χ3v) is 8.26. The number of hydrogen-bond donors (Lipinski definition) is 5. The molecule has 0 radical (unpaired) electrons. The molecule has 0 saturated heterocycles. The van der Waals surface area contributed by atoms with Gasteiger partial charge in [0, 0.05) is 22.1 Å². The summed E-state index contributed by atoms with van der Waals surface area (Å²) in [5.41, 5.74) is 14.6. The van der Waals surface area contributed by atoms with Crippen LogP contribution in [-0.4, -0.2) is 41.2 Å². The minimum Gasteiger partial charge on any atom is -0.355 e. The highest BCUT2D eigenvalue weighted by Crippen LogP contribution is 2.26. The van der Waals surface area contributed by atoms with Gasteiger partial charge >= 0.3 is 6.03 Å². The van der Waals surface area contributed by atoms with Crippen LogP contribution in [0.25, 0.3) is 57.4 Å². The van der Waals surface area contributed by atoms with Crippen molar-refractivity contribution in [2.75, 3.05) is 0 Å². The van der Waals surface area contributed by atoms with E-state index in [0.717, 1.165) is 55.9 Å². The Morgan fingerprint density at radius 2 is 1.07 bits per heavy atom. The molecule has 6 rings (SSSR count). The summed E-state index contributed by atoms with van der Waals surface area (Å²) in [5, 5.41) is 2.04. The monoisotopic (exact) mass is 611 g/mol. The molecular weight excluding hydrogens is 582 g/mol. The molecule has 41 heavy (non-hydrogen) atoms. The molecule has 0 aromatic carbocycles. The molecule has 208 valence electrons. The summed E-state index contributed by atoms with van der Waals surface area (Å²) in [7, 11) is 0. The molecule has 0 unspecified atom stereocenters. The summed E-state index contributed by atoms with van der Waals surface area (Å²) in [4.78, 5) is 41.3. The number of hydrogen-bond acceptors (Lipinski definition) is 4. The molecule has 4 aromatic heterocycles. The van der Waals surface area contributed by atoms with Gasteiger partial charge in [-0.15, -0.1) is 0 Å². The first kappa shape index (κ1) is 27.9. The van der Waals surface area contributed by atoms with Crippen molar-refractivity contribution < 1.29 is 9.59 Å². The van der Waals surface area contributed by atoms with Crippen molar-refractivity contribution in [3.63, 3.8) is 0 Å². The Morgan fingerprint density at radius 3 is 1.44 bits per heavy atom. The largest absolute Gasteiger partial charge is 0.355 e. The third kappa shape index (κ3) is 6.72. The SMILES string of the molecule is C1=Cc2cc3ccc([nH]3)c3ccc(cc4nc(cc5ccc(cc1n2)[nH]5)C=C4)[nH]3.CCC(Br)(CC)C(=O)NC(N)=O. The van der Waals surface area contributed by atoms with E-state index in [1.165, 1.54) is 0 Å². The second-order valence-corrected chi connectivity index (χ2v) is 11.2. The molecule has 2 aliphatic rings. The number of rotatable bonds is 3. The van der Waals surface area contributed by atoms with Crippen molar-refractivity contribution in [1.82, 2.24) is 30.2 Å². The Hall–Kier alpha value is -4.70. The number of amides is 3. The van der Waals surface area contributed by atoms with Gasteiger partial charge in [-0.3, -0.25) is 10.1 Å². The first-order valence-electron chi connectivity index (χ1n) is 13.3. The van der Waals surface area contributed by atoms with Gasteiger partial charge in [0.15, 0.2) is 0 Å². The van der Waals surface area contributed by atoms with Gasteiger partial charge in [0.1, 0.15) is 4.32 Å². The van der Waals surface area contributed by atoms with E-state index in [2.05, 4.69) is 67.3 Å². The molecule has 6 N–H and O–H groups in total. The van der Waals surface area contributed by atoms with E-state index in [-0.39, 0.29) is 5.91 Å². The molecule has 0 fully saturated rings. The molecule has 0 atom stereocenters. The quantitative estimate of drug-likeness (QED) is 0.139. The smallest absolute Gasteiger partial charge is 0.318 e. The number of fused-ring (bicyclic) bond motifs is 11. The van der Waals surface area contributed by atoms with Crippen molar-refractivity contribution in [3.05, 3.63) is 83.4 Å². The number of carbonyl (C=O) groups excluding carboxylic acids is 2. The lowest BCUT2D eigenvalue weighted by Crippen LogP contribution is -2.46. The van der Waals surface area contributed by atoms with E-state index in [1.807, 2.05) is 67.7 Å². The first-order valence-corrected chi connectivity index (χ1v) is 14.1. The normalized spacial score (nSPS) is 12.1. The number of carbonyl (C=O) groups is 2. The second kappa shape index (κ2) is 11.8. The van der Waals surface area contributed by atoms with Crippen molar-refractivity contribution in [2.24, 2.45) is 5.73 Å². The van der Waals surface area contributed by atoms with Gasteiger partial charge in [0.25, 0.3) is 0 Å². The molecule has 3 amide bonds. The molecule has 0 spiro atoms. The molecular formula is C31H30BrN7O2. The van der Waals surface area contributed by atoms with Gasteiger partial charge < -0.3 is 20.7 Å². The van der Waals surface area contributed by atoms with E-state index in [9.17, 15) is 9.59 Å². The van der Waals surface area contributed by atoms with Crippen LogP contribution in [0.2, 0.25) is 0 Å². The maximum Gasteiger partial charge on any atom is 0.318 e. The molecule has 2 aliphatic heterocycles. The lowest BCUT2D eigenvalue weighted by atomic mass is 10.0. The van der Waals surface area contributed by atoms with E-state index < -0.39 is 10.4 Å². The van der Waals surface area contributed by atoms with Crippen molar-refractivity contribution >= 4 is 85.3 Å². The van der Waals surface area contributed by atoms with Crippen LogP contribution in [-0.2, 0) is 4.79 Å². The molecule has 0 aliphatic carbocycles. The topological polar surface area (TPSA) is 145 Å². The van der Waals surface area contributed by atoms with Crippen molar-refractivity contribution in [2.45, 2.75) is 31.0 Å². The number of halogens is 1. The maximum absolute atomic E-state index is 11.3. The Morgan fingerprint density at radius 1 is 0.707 bits per heavy atom. The molecule has 9 nitrogen and oxygen atoms in total. The lowest BCUT2D eigenvalue weighted by molar-refractivity contribution is -0.122. The van der Waals surface area contributed by atoms with Crippen molar-refractivity contribution in [1.29, 1.82) is 0 Å². The summed E-state index contributed by atoms with van der Waals surface area (Å²) in [6, 6.07) is 19.7. The fraction of sp³-hybridized carbons (Fsp3) is 0.161. The number of imide groups is 1. The summed E-state index contributed by atoms with van der Waals surface area (Å²) in [5.74, 6) is -0.375. The zero-order chi connectivity index (χ0) is 29.0. The van der Waals surface area contributed by atoms with Gasteiger partial charge in [0.05, 0.1) is 33.8 Å². The standard InChI is InChI=1S/C24H17N5.C7H13BrN2O2/c1-2-16-12-18-4-6-20(27-18)14-22-8-10-24(29-22)23-9-7-21(28-23)13-19-5-3-17(26-19)11-15(1)25-16;1-3-7(8,4-2)5(11)10-6(9)12/h1-14,25,28-29H;3-4H2,1-2H3,(H3,9,10,11,12). The maximum atomic E-state index is 11.3. The highest BCUT2D eigenvalue weighted by atomic mass is 79.9. The van der Waals surface area contributed by atoms with Crippen molar-refractivity contribution in [3.8, 4) is 0 Å². The van der Waals surface area contributed by atoms with Crippen LogP contribution in [0.15, 0.2) is 60.7 Å². The lowest BCUT2D eigenvalue weighted by Gasteiger charge is -2.21. The van der Waals surface area contributed by atoms with Gasteiger partial charge in [-0.2, -0.15) is 0 Å². The van der Waals surface area contributed by atoms with E-state index in [4.69, 9.17) is 15.7 Å². The number of nitrogens with zero attached hydrogens (tertiary/aromatic N) is 2. The predicted octanol–water partition coefficient (Wildman–Crippen LogP) is 6.83. The number of H-pyrrole nitrogens is 3. The summed E-state index contributed by atoms with van der Waals surface area (Å²) < 4.78 is -0.665. The average Bonchev–Trinajstić information content (AvgIpc) is 3.77. The van der Waals surface area contributed by atoms with Crippen LogP contribution in [0.3, 0.4) is 0 Å². The van der Waals surface area contributed by atoms with Crippen LogP contribution in [0, 0.1) is 0 Å². The predicted molar refractivity (Wildman–Crippen MR) is 169 cm³/mol. The van der Waals surface area contributed by atoms with Gasteiger partial charge in [-0.05, 0) is 97.8 Å². The highest BCUT2D eigenvalue weighted by Gasteiger charge is 2.32. The van der Waals surface area contributed by atoms with E-state index >= 15 is 0 Å². The van der Waals surface area contributed by atoms with E-state index in [0.29, 0.717) is 12.8 Å². The number of nitrogens with one attached hydrogen (secondary N) is 4. The Labute approximate surface area is 244 Å².